The van der Waals surface area contributed by atoms with Crippen LogP contribution in [0.4, 0.5) is 11.4 Å². The van der Waals surface area contributed by atoms with Crippen LogP contribution in [0.5, 0.6) is 0 Å². The van der Waals surface area contributed by atoms with Crippen LogP contribution in [0.3, 0.4) is 0 Å². The van der Waals surface area contributed by atoms with E-state index in [1.807, 2.05) is 6.07 Å². The van der Waals surface area contributed by atoms with E-state index in [0.717, 1.165) is 28.5 Å². The van der Waals surface area contributed by atoms with Gasteiger partial charge in [-0.3, -0.25) is 0 Å². The molecule has 6 heteroatoms. The lowest BCUT2D eigenvalue weighted by atomic mass is 9.94. The minimum Gasteiger partial charge on any atom is -0.478 e. The summed E-state index contributed by atoms with van der Waals surface area (Å²) in [7, 11) is 0. The second-order valence-corrected chi connectivity index (χ2v) is 10.8. The third-order valence-electron chi connectivity index (χ3n) is 7.01. The number of rotatable bonds is 12. The lowest BCUT2D eigenvalue weighted by Gasteiger charge is -2.30. The van der Waals surface area contributed by atoms with Crippen molar-refractivity contribution in [1.82, 2.24) is 4.98 Å². The van der Waals surface area contributed by atoms with E-state index in [-0.39, 0.29) is 5.56 Å². The molecule has 0 bridgehead atoms. The smallest absolute Gasteiger partial charge is 0.335 e. The van der Waals surface area contributed by atoms with Gasteiger partial charge in [0.25, 0.3) is 0 Å². The molecule has 4 aromatic rings. The van der Waals surface area contributed by atoms with Gasteiger partial charge in [-0.05, 0) is 74.1 Å². The zero-order valence-corrected chi connectivity index (χ0v) is 23.5. The normalized spacial score (nSPS) is 11.2. The first-order chi connectivity index (χ1) is 18.4. The zero-order chi connectivity index (χ0) is 27.1. The van der Waals surface area contributed by atoms with E-state index in [4.69, 9.17) is 4.98 Å². The third-order valence-corrected chi connectivity index (χ3v) is 7.86. The van der Waals surface area contributed by atoms with Gasteiger partial charge in [-0.25, -0.2) is 9.78 Å². The Morgan fingerprint density at radius 2 is 1.71 bits per heavy atom. The SMILES string of the molecule is CCC(CC)c1ccc(N(Cc2ccc(-c3csc(CNc4cccc(C(=O)O)c4)n3)cc2)C(C)C)cc1. The summed E-state index contributed by atoms with van der Waals surface area (Å²) in [5.74, 6) is -0.297. The van der Waals surface area contributed by atoms with E-state index in [0.29, 0.717) is 18.5 Å². The Morgan fingerprint density at radius 3 is 2.34 bits per heavy atom. The third kappa shape index (κ3) is 6.81. The number of aromatic carboxylic acids is 1. The Bertz CT molecular complexity index is 1330. The number of hydrogen-bond acceptors (Lipinski definition) is 5. The summed E-state index contributed by atoms with van der Waals surface area (Å²) < 4.78 is 0. The van der Waals surface area contributed by atoms with Gasteiger partial charge in [-0.15, -0.1) is 11.3 Å². The molecule has 5 nitrogen and oxygen atoms in total. The summed E-state index contributed by atoms with van der Waals surface area (Å²) in [4.78, 5) is 18.4. The molecular formula is C32H37N3O2S. The van der Waals surface area contributed by atoms with Crippen LogP contribution in [0, 0.1) is 0 Å². The standard InChI is InChI=1S/C32H37N3O2S/c1-5-24(6-2)25-14-16-29(17-15-25)35(22(3)4)20-23-10-12-26(13-11-23)30-21-38-31(34-30)19-33-28-9-7-8-27(18-28)32(36)37/h7-18,21-22,24,33H,5-6,19-20H2,1-4H3,(H,36,37). The Kier molecular flexibility index (Phi) is 9.19. The number of benzene rings is 3. The zero-order valence-electron chi connectivity index (χ0n) is 22.6. The summed E-state index contributed by atoms with van der Waals surface area (Å²) in [6, 6.07) is 25.0. The fourth-order valence-corrected chi connectivity index (χ4v) is 5.46. The maximum atomic E-state index is 11.2. The molecule has 0 amide bonds. The molecule has 4 rings (SSSR count). The van der Waals surface area contributed by atoms with Gasteiger partial charge in [0.05, 0.1) is 17.8 Å². The van der Waals surface area contributed by atoms with Crippen LogP contribution in [0.2, 0.25) is 0 Å². The van der Waals surface area contributed by atoms with Crippen LogP contribution < -0.4 is 10.2 Å². The molecular weight excluding hydrogens is 490 g/mol. The fraction of sp³-hybridized carbons (Fsp3) is 0.312. The van der Waals surface area contributed by atoms with Gasteiger partial charge < -0.3 is 15.3 Å². The van der Waals surface area contributed by atoms with Crippen molar-refractivity contribution in [2.24, 2.45) is 0 Å². The molecule has 0 unspecified atom stereocenters. The lowest BCUT2D eigenvalue weighted by molar-refractivity contribution is 0.0697. The van der Waals surface area contributed by atoms with Gasteiger partial charge >= 0.3 is 5.97 Å². The minimum absolute atomic E-state index is 0.268. The number of nitrogens with zero attached hydrogens (tertiary/aromatic N) is 2. The van der Waals surface area contributed by atoms with Crippen LogP contribution in [-0.4, -0.2) is 22.1 Å². The molecule has 198 valence electrons. The van der Waals surface area contributed by atoms with Gasteiger partial charge in [-0.1, -0.05) is 56.3 Å². The summed E-state index contributed by atoms with van der Waals surface area (Å²) >= 11 is 1.60. The monoisotopic (exact) mass is 527 g/mol. The molecule has 38 heavy (non-hydrogen) atoms. The van der Waals surface area contributed by atoms with Gasteiger partial charge in [0.2, 0.25) is 0 Å². The van der Waals surface area contributed by atoms with Gasteiger partial charge in [0.1, 0.15) is 5.01 Å². The fourth-order valence-electron chi connectivity index (χ4n) is 4.71. The number of anilines is 2. The van der Waals surface area contributed by atoms with Crippen molar-refractivity contribution in [1.29, 1.82) is 0 Å². The molecule has 2 N–H and O–H groups in total. The first-order valence-corrected chi connectivity index (χ1v) is 14.2. The second-order valence-electron chi connectivity index (χ2n) is 9.89. The number of aromatic nitrogens is 1. The largest absolute Gasteiger partial charge is 0.478 e. The molecule has 0 atom stereocenters. The molecule has 0 fully saturated rings. The molecule has 0 aliphatic rings. The molecule has 1 aromatic heterocycles. The van der Waals surface area contributed by atoms with Crippen LogP contribution in [-0.2, 0) is 13.1 Å². The van der Waals surface area contributed by atoms with Crippen molar-refractivity contribution >= 4 is 28.7 Å². The lowest BCUT2D eigenvalue weighted by Crippen LogP contribution is -2.30. The quantitative estimate of drug-likeness (QED) is 0.193. The van der Waals surface area contributed by atoms with Gasteiger partial charge in [-0.2, -0.15) is 0 Å². The highest BCUT2D eigenvalue weighted by molar-refractivity contribution is 7.10. The minimum atomic E-state index is -0.930. The molecule has 0 spiro atoms. The van der Waals surface area contributed by atoms with E-state index in [1.165, 1.54) is 29.7 Å². The average Bonchev–Trinajstić information content (AvgIpc) is 3.41. The van der Waals surface area contributed by atoms with Crippen molar-refractivity contribution in [2.75, 3.05) is 10.2 Å². The number of carboxylic acid groups (broad SMARTS) is 1. The topological polar surface area (TPSA) is 65.5 Å². The Hall–Kier alpha value is -3.64. The maximum Gasteiger partial charge on any atom is 0.335 e. The number of nitrogens with one attached hydrogen (secondary N) is 1. The average molecular weight is 528 g/mol. The van der Waals surface area contributed by atoms with E-state index >= 15 is 0 Å². The predicted octanol–water partition coefficient (Wildman–Crippen LogP) is 8.44. The molecule has 0 radical (unpaired) electrons. The van der Waals surface area contributed by atoms with Gasteiger partial charge in [0, 0.05) is 34.9 Å². The van der Waals surface area contributed by atoms with E-state index in [9.17, 15) is 9.90 Å². The van der Waals surface area contributed by atoms with Crippen molar-refractivity contribution in [3.63, 3.8) is 0 Å². The van der Waals surface area contributed by atoms with E-state index in [2.05, 4.69) is 91.8 Å². The van der Waals surface area contributed by atoms with E-state index in [1.54, 1.807) is 29.5 Å². The summed E-state index contributed by atoms with van der Waals surface area (Å²) in [5.41, 5.74) is 7.03. The predicted molar refractivity (Wildman–Crippen MR) is 159 cm³/mol. The molecule has 0 saturated heterocycles. The summed E-state index contributed by atoms with van der Waals surface area (Å²) in [6.07, 6.45) is 2.35. The van der Waals surface area contributed by atoms with E-state index < -0.39 is 5.97 Å². The highest BCUT2D eigenvalue weighted by Gasteiger charge is 2.14. The number of carbonyl (C=O) groups is 1. The molecule has 0 saturated carbocycles. The first kappa shape index (κ1) is 27.4. The molecule has 1 heterocycles. The summed E-state index contributed by atoms with van der Waals surface area (Å²) in [6.45, 7) is 10.4. The number of thiazole rings is 1. The first-order valence-electron chi connectivity index (χ1n) is 13.4. The Balaban J connectivity index is 1.40. The highest BCUT2D eigenvalue weighted by Crippen LogP contribution is 2.28. The van der Waals surface area contributed by atoms with Crippen molar-refractivity contribution < 1.29 is 9.90 Å². The van der Waals surface area contributed by atoms with Crippen molar-refractivity contribution in [3.8, 4) is 11.3 Å². The molecule has 3 aromatic carbocycles. The van der Waals surface area contributed by atoms with Crippen LogP contribution in [0.25, 0.3) is 11.3 Å². The van der Waals surface area contributed by atoms with Crippen LogP contribution >= 0.6 is 11.3 Å². The van der Waals surface area contributed by atoms with Crippen molar-refractivity contribution in [3.05, 3.63) is 99.9 Å². The molecule has 0 aliphatic carbocycles. The van der Waals surface area contributed by atoms with Gasteiger partial charge in [0.15, 0.2) is 0 Å². The van der Waals surface area contributed by atoms with Crippen LogP contribution in [0.15, 0.2) is 78.2 Å². The second kappa shape index (κ2) is 12.7. The number of hydrogen-bond donors (Lipinski definition) is 2. The Labute approximate surface area is 230 Å². The molecule has 0 aliphatic heterocycles. The highest BCUT2D eigenvalue weighted by atomic mass is 32.1. The Morgan fingerprint density at radius 1 is 1.00 bits per heavy atom. The number of carboxylic acids is 1. The maximum absolute atomic E-state index is 11.2. The van der Waals surface area contributed by atoms with Crippen molar-refractivity contribution in [2.45, 2.75) is 65.6 Å². The summed E-state index contributed by atoms with van der Waals surface area (Å²) in [5, 5.41) is 15.5. The van der Waals surface area contributed by atoms with Crippen LogP contribution in [0.1, 0.15) is 72.9 Å².